The van der Waals surface area contributed by atoms with E-state index in [-0.39, 0.29) is 5.78 Å². The van der Waals surface area contributed by atoms with Crippen LogP contribution in [0.4, 0.5) is 0 Å². The quantitative estimate of drug-likeness (QED) is 0.534. The molecule has 1 unspecified atom stereocenters. The summed E-state index contributed by atoms with van der Waals surface area (Å²) in [6.45, 7) is 3.29. The molecular weight excluding hydrogens is 324 g/mol. The average molecular weight is 344 g/mol. The van der Waals surface area contributed by atoms with E-state index in [2.05, 4.69) is 9.97 Å². The second kappa shape index (κ2) is 7.85. The number of nitrogens with zero attached hydrogens (tertiary/aromatic N) is 2. The van der Waals surface area contributed by atoms with Crippen LogP contribution in [-0.4, -0.2) is 20.9 Å². The zero-order chi connectivity index (χ0) is 18.5. The van der Waals surface area contributed by atoms with E-state index < -0.39 is 6.10 Å². The molecule has 0 saturated carbocycles. The zero-order valence-corrected chi connectivity index (χ0v) is 14.8. The van der Waals surface area contributed by atoms with Gasteiger partial charge >= 0.3 is 0 Å². The van der Waals surface area contributed by atoms with Crippen LogP contribution in [0.5, 0.6) is 0 Å². The van der Waals surface area contributed by atoms with Gasteiger partial charge in [0.25, 0.3) is 0 Å². The van der Waals surface area contributed by atoms with E-state index in [4.69, 9.17) is 0 Å². The van der Waals surface area contributed by atoms with Gasteiger partial charge in [0.2, 0.25) is 0 Å². The van der Waals surface area contributed by atoms with E-state index >= 15 is 0 Å². The predicted octanol–water partition coefficient (Wildman–Crippen LogP) is 4.73. The molecule has 130 valence electrons. The van der Waals surface area contributed by atoms with E-state index in [0.29, 0.717) is 5.56 Å². The largest absolute Gasteiger partial charge is 0.389 e. The Labute approximate surface area is 152 Å². The fourth-order valence-electron chi connectivity index (χ4n) is 2.58. The van der Waals surface area contributed by atoms with Crippen molar-refractivity contribution in [1.29, 1.82) is 0 Å². The Bertz CT molecular complexity index is 1060. The van der Waals surface area contributed by atoms with Crippen LogP contribution >= 0.6 is 0 Å². The summed E-state index contributed by atoms with van der Waals surface area (Å²) in [6, 6.07) is 19.5. The van der Waals surface area contributed by atoms with Crippen LogP contribution in [0.25, 0.3) is 21.8 Å². The van der Waals surface area contributed by atoms with Gasteiger partial charge < -0.3 is 5.11 Å². The van der Waals surface area contributed by atoms with E-state index in [0.717, 1.165) is 27.4 Å². The van der Waals surface area contributed by atoms with Crippen LogP contribution in [0.15, 0.2) is 73.1 Å². The third kappa shape index (κ3) is 4.10. The van der Waals surface area contributed by atoms with E-state index in [9.17, 15) is 9.90 Å². The molecule has 0 aliphatic heterocycles. The highest BCUT2D eigenvalue weighted by Gasteiger charge is 2.02. The topological polar surface area (TPSA) is 63.1 Å². The van der Waals surface area contributed by atoms with Crippen LogP contribution in [-0.2, 0) is 0 Å². The molecule has 26 heavy (non-hydrogen) atoms. The molecule has 0 bridgehead atoms. The third-order valence-corrected chi connectivity index (χ3v) is 4.09. The molecule has 4 heteroatoms. The van der Waals surface area contributed by atoms with Crippen LogP contribution in [0.3, 0.4) is 0 Å². The smallest absolute Gasteiger partial charge is 0.161 e. The molecule has 1 N–H and O–H groups in total. The zero-order valence-electron chi connectivity index (χ0n) is 14.8. The molecule has 4 nitrogen and oxygen atoms in total. The van der Waals surface area contributed by atoms with E-state index in [1.807, 2.05) is 60.7 Å². The standard InChI is InChI=1S/C11H11NO.C11H9NO/c2*1-8(13)10-6-9-4-2-3-5-11(9)12-7-10/h2-8,13H,1H3;2-7H,1H3. The Morgan fingerprint density at radius 3 is 2.00 bits per heavy atom. The molecule has 2 aromatic heterocycles. The summed E-state index contributed by atoms with van der Waals surface area (Å²) in [5.41, 5.74) is 3.41. The Morgan fingerprint density at radius 1 is 0.885 bits per heavy atom. The average Bonchev–Trinajstić information content (AvgIpc) is 2.67. The lowest BCUT2D eigenvalue weighted by Crippen LogP contribution is -1.92. The minimum Gasteiger partial charge on any atom is -0.389 e. The molecule has 0 aliphatic rings. The van der Waals surface area contributed by atoms with Crippen molar-refractivity contribution < 1.29 is 9.90 Å². The monoisotopic (exact) mass is 344 g/mol. The van der Waals surface area contributed by atoms with Crippen molar-refractivity contribution in [1.82, 2.24) is 9.97 Å². The highest BCUT2D eigenvalue weighted by molar-refractivity contribution is 5.97. The van der Waals surface area contributed by atoms with Gasteiger partial charge in [0.05, 0.1) is 17.1 Å². The number of rotatable bonds is 2. The van der Waals surface area contributed by atoms with Crippen molar-refractivity contribution in [2.24, 2.45) is 0 Å². The normalized spacial score (nSPS) is 11.7. The lowest BCUT2D eigenvalue weighted by molar-refractivity contribution is 0.101. The third-order valence-electron chi connectivity index (χ3n) is 4.09. The van der Waals surface area contributed by atoms with Gasteiger partial charge in [-0.15, -0.1) is 0 Å². The molecule has 0 amide bonds. The van der Waals surface area contributed by atoms with Gasteiger partial charge in [-0.2, -0.15) is 0 Å². The van der Waals surface area contributed by atoms with Crippen molar-refractivity contribution in [3.8, 4) is 0 Å². The van der Waals surface area contributed by atoms with Gasteiger partial charge in [0.15, 0.2) is 5.78 Å². The van der Waals surface area contributed by atoms with Gasteiger partial charge in [-0.3, -0.25) is 14.8 Å². The number of para-hydroxylation sites is 2. The van der Waals surface area contributed by atoms with Gasteiger partial charge in [-0.1, -0.05) is 36.4 Å². The van der Waals surface area contributed by atoms with Crippen LogP contribution < -0.4 is 0 Å². The number of fused-ring (bicyclic) bond motifs is 2. The Morgan fingerprint density at radius 2 is 1.42 bits per heavy atom. The summed E-state index contributed by atoms with van der Waals surface area (Å²) >= 11 is 0. The number of ketones is 1. The predicted molar refractivity (Wildman–Crippen MR) is 104 cm³/mol. The second-order valence-electron chi connectivity index (χ2n) is 6.11. The number of carbonyl (C=O) groups excluding carboxylic acids is 1. The highest BCUT2D eigenvalue weighted by Crippen LogP contribution is 2.17. The van der Waals surface area contributed by atoms with Crippen LogP contribution in [0, 0.1) is 0 Å². The maximum absolute atomic E-state index is 11.0. The summed E-state index contributed by atoms with van der Waals surface area (Å²) in [7, 11) is 0. The molecule has 2 heterocycles. The Kier molecular flexibility index (Phi) is 5.34. The number of aliphatic hydroxyl groups excluding tert-OH is 1. The minimum absolute atomic E-state index is 0.0539. The molecule has 0 radical (unpaired) electrons. The molecule has 0 saturated heterocycles. The summed E-state index contributed by atoms with van der Waals surface area (Å²) in [6.07, 6.45) is 2.88. The van der Waals surface area contributed by atoms with Crippen molar-refractivity contribution in [3.63, 3.8) is 0 Å². The first-order chi connectivity index (χ1) is 12.5. The van der Waals surface area contributed by atoms with Gasteiger partial charge in [0, 0.05) is 28.7 Å². The Balaban J connectivity index is 0.000000151. The maximum Gasteiger partial charge on any atom is 0.161 e. The fraction of sp³-hybridized carbons (Fsp3) is 0.136. The molecule has 4 rings (SSSR count). The number of hydrogen-bond donors (Lipinski definition) is 1. The summed E-state index contributed by atoms with van der Waals surface area (Å²) in [5, 5.41) is 11.4. The maximum atomic E-state index is 11.0. The van der Waals surface area contributed by atoms with Crippen molar-refractivity contribution in [3.05, 3.63) is 84.2 Å². The molecule has 1 atom stereocenters. The van der Waals surface area contributed by atoms with E-state index in [1.165, 1.54) is 0 Å². The van der Waals surface area contributed by atoms with Crippen molar-refractivity contribution >= 4 is 27.6 Å². The number of aliphatic hydroxyl groups is 1. The number of benzene rings is 2. The number of pyridine rings is 2. The first kappa shape index (κ1) is 17.7. The van der Waals surface area contributed by atoms with Crippen molar-refractivity contribution in [2.45, 2.75) is 20.0 Å². The Hall–Kier alpha value is -3.11. The van der Waals surface area contributed by atoms with E-state index in [1.54, 1.807) is 26.2 Å². The SMILES string of the molecule is CC(=O)c1cnc2ccccc2c1.CC(O)c1cnc2ccccc2c1. The molecule has 0 spiro atoms. The highest BCUT2D eigenvalue weighted by atomic mass is 16.3. The first-order valence-corrected chi connectivity index (χ1v) is 8.43. The van der Waals surface area contributed by atoms with Crippen LogP contribution in [0.1, 0.15) is 35.9 Å². The minimum atomic E-state index is -0.447. The number of Topliss-reactive ketones (excluding diaryl/α,β-unsaturated/α-hetero) is 1. The summed E-state index contributed by atoms with van der Waals surface area (Å²) < 4.78 is 0. The molecule has 4 aromatic rings. The lowest BCUT2D eigenvalue weighted by atomic mass is 10.1. The van der Waals surface area contributed by atoms with Crippen LogP contribution in [0.2, 0.25) is 0 Å². The van der Waals surface area contributed by atoms with Crippen molar-refractivity contribution in [2.75, 3.05) is 0 Å². The first-order valence-electron chi connectivity index (χ1n) is 8.43. The molecule has 0 aliphatic carbocycles. The summed E-state index contributed by atoms with van der Waals surface area (Å²) in [5.74, 6) is 0.0539. The lowest BCUT2D eigenvalue weighted by Gasteiger charge is -2.04. The van der Waals surface area contributed by atoms with Gasteiger partial charge in [-0.25, -0.2) is 0 Å². The number of hydrogen-bond acceptors (Lipinski definition) is 4. The van der Waals surface area contributed by atoms with Gasteiger partial charge in [0.1, 0.15) is 0 Å². The summed E-state index contributed by atoms with van der Waals surface area (Å²) in [4.78, 5) is 19.5. The second-order valence-corrected chi connectivity index (χ2v) is 6.11. The molecule has 0 fully saturated rings. The van der Waals surface area contributed by atoms with Gasteiger partial charge in [-0.05, 0) is 43.7 Å². The number of aromatic nitrogens is 2. The molecule has 2 aromatic carbocycles. The fourth-order valence-corrected chi connectivity index (χ4v) is 2.58. The number of carbonyl (C=O) groups is 1. The molecular formula is C22H20N2O2.